The van der Waals surface area contributed by atoms with Crippen molar-refractivity contribution in [1.82, 2.24) is 4.57 Å². The molecule has 2 aromatic carbocycles. The third-order valence-electron chi connectivity index (χ3n) is 4.33. The highest BCUT2D eigenvalue weighted by molar-refractivity contribution is 5.92. The third-order valence-corrected chi connectivity index (χ3v) is 4.33. The van der Waals surface area contributed by atoms with E-state index in [9.17, 15) is 19.7 Å². The molecule has 0 aliphatic carbocycles. The number of fused-ring (bicyclic) bond motifs is 1. The van der Waals surface area contributed by atoms with E-state index in [1.54, 1.807) is 18.2 Å². The molecule has 0 saturated carbocycles. The quantitative estimate of drug-likeness (QED) is 0.454. The Morgan fingerprint density at radius 3 is 2.69 bits per heavy atom. The fourth-order valence-corrected chi connectivity index (χ4v) is 2.89. The molecule has 152 valence electrons. The maximum Gasteiger partial charge on any atom is 0.419 e. The van der Waals surface area contributed by atoms with Crippen LogP contribution in [0.4, 0.5) is 11.4 Å². The van der Waals surface area contributed by atoms with Crippen LogP contribution in [0.15, 0.2) is 45.6 Å². The molecule has 0 bridgehead atoms. The topological polar surface area (TPSA) is 126 Å². The van der Waals surface area contributed by atoms with Gasteiger partial charge < -0.3 is 19.2 Å². The van der Waals surface area contributed by atoms with Crippen molar-refractivity contribution in [2.24, 2.45) is 0 Å². The maximum atomic E-state index is 12.2. The van der Waals surface area contributed by atoms with Gasteiger partial charge in [0.1, 0.15) is 11.5 Å². The van der Waals surface area contributed by atoms with E-state index in [-0.39, 0.29) is 30.1 Å². The number of hydrogen-bond donors (Lipinski definition) is 1. The van der Waals surface area contributed by atoms with Gasteiger partial charge in [-0.3, -0.25) is 19.5 Å². The highest BCUT2D eigenvalue weighted by Crippen LogP contribution is 2.29. The van der Waals surface area contributed by atoms with Gasteiger partial charge in [-0.1, -0.05) is 0 Å². The number of rotatable bonds is 8. The standard InChI is InChI=1S/C19H19N3O7/c1-27-13-6-7-14(16(11-13)28-2)20-18(23)4-3-9-21-15-8-5-12(22(25)26)10-17(15)29-19(21)24/h5-8,10-11H,3-4,9H2,1-2H3,(H,20,23). The van der Waals surface area contributed by atoms with Crippen molar-refractivity contribution in [1.29, 1.82) is 0 Å². The molecule has 10 heteroatoms. The lowest BCUT2D eigenvalue weighted by molar-refractivity contribution is -0.384. The lowest BCUT2D eigenvalue weighted by Gasteiger charge is -2.11. The molecule has 0 aliphatic heterocycles. The fraction of sp³-hybridized carbons (Fsp3) is 0.263. The van der Waals surface area contributed by atoms with Gasteiger partial charge in [-0.25, -0.2) is 4.79 Å². The molecule has 0 saturated heterocycles. The molecule has 3 rings (SSSR count). The number of anilines is 1. The van der Waals surface area contributed by atoms with Crippen LogP contribution in [-0.4, -0.2) is 29.6 Å². The van der Waals surface area contributed by atoms with Crippen LogP contribution in [0.5, 0.6) is 11.5 Å². The first-order valence-corrected chi connectivity index (χ1v) is 8.72. The number of amides is 1. The number of oxazole rings is 1. The average Bonchev–Trinajstić information content (AvgIpc) is 3.02. The van der Waals surface area contributed by atoms with Crippen molar-refractivity contribution < 1.29 is 23.6 Å². The number of nitrogens with zero attached hydrogens (tertiary/aromatic N) is 2. The van der Waals surface area contributed by atoms with Crippen LogP contribution >= 0.6 is 0 Å². The highest BCUT2D eigenvalue weighted by atomic mass is 16.6. The van der Waals surface area contributed by atoms with Gasteiger partial charge >= 0.3 is 5.76 Å². The van der Waals surface area contributed by atoms with Crippen LogP contribution in [0.25, 0.3) is 11.1 Å². The number of nitrogens with one attached hydrogen (secondary N) is 1. The van der Waals surface area contributed by atoms with Crippen molar-refractivity contribution in [3.63, 3.8) is 0 Å². The molecule has 0 spiro atoms. The molecule has 10 nitrogen and oxygen atoms in total. The predicted octanol–water partition coefficient (Wildman–Crippen LogP) is 2.94. The number of nitro groups is 1. The molecule has 1 N–H and O–H groups in total. The van der Waals surface area contributed by atoms with Crippen molar-refractivity contribution in [3.8, 4) is 11.5 Å². The van der Waals surface area contributed by atoms with E-state index in [1.807, 2.05) is 0 Å². The van der Waals surface area contributed by atoms with Crippen molar-refractivity contribution in [3.05, 3.63) is 57.1 Å². The number of carbonyl (C=O) groups is 1. The van der Waals surface area contributed by atoms with E-state index >= 15 is 0 Å². The highest BCUT2D eigenvalue weighted by Gasteiger charge is 2.15. The van der Waals surface area contributed by atoms with E-state index < -0.39 is 10.7 Å². The van der Waals surface area contributed by atoms with E-state index in [2.05, 4.69) is 5.32 Å². The van der Waals surface area contributed by atoms with Crippen molar-refractivity contribution in [2.75, 3.05) is 19.5 Å². The summed E-state index contributed by atoms with van der Waals surface area (Å²) in [7, 11) is 3.03. The van der Waals surface area contributed by atoms with E-state index in [0.29, 0.717) is 29.1 Å². The summed E-state index contributed by atoms with van der Waals surface area (Å²) in [5, 5.41) is 13.6. The first kappa shape index (κ1) is 19.9. The summed E-state index contributed by atoms with van der Waals surface area (Å²) in [6.07, 6.45) is 0.525. The zero-order chi connectivity index (χ0) is 21.0. The Kier molecular flexibility index (Phi) is 5.82. The van der Waals surface area contributed by atoms with Gasteiger partial charge in [0.25, 0.3) is 5.69 Å². The Bertz CT molecular complexity index is 1120. The Morgan fingerprint density at radius 1 is 1.21 bits per heavy atom. The van der Waals surface area contributed by atoms with Gasteiger partial charge in [0.05, 0.1) is 36.4 Å². The minimum Gasteiger partial charge on any atom is -0.497 e. The molecular weight excluding hydrogens is 382 g/mol. The second-order valence-electron chi connectivity index (χ2n) is 6.15. The fourth-order valence-electron chi connectivity index (χ4n) is 2.89. The number of non-ortho nitro benzene ring substituents is 1. The number of aryl methyl sites for hydroxylation is 1. The van der Waals surface area contributed by atoms with Gasteiger partial charge in [-0.2, -0.15) is 0 Å². The lowest BCUT2D eigenvalue weighted by Crippen LogP contribution is -2.17. The average molecular weight is 401 g/mol. The van der Waals surface area contributed by atoms with Gasteiger partial charge in [0, 0.05) is 25.1 Å². The van der Waals surface area contributed by atoms with Crippen molar-refractivity contribution >= 4 is 28.4 Å². The van der Waals surface area contributed by atoms with Gasteiger partial charge in [-0.05, 0) is 24.6 Å². The van der Waals surface area contributed by atoms with Crippen LogP contribution < -0.4 is 20.5 Å². The smallest absolute Gasteiger partial charge is 0.419 e. The number of nitro benzene ring substituents is 1. The summed E-state index contributed by atoms with van der Waals surface area (Å²) < 4.78 is 16.8. The maximum absolute atomic E-state index is 12.2. The zero-order valence-corrected chi connectivity index (χ0v) is 15.8. The number of aromatic nitrogens is 1. The number of benzene rings is 2. The summed E-state index contributed by atoms with van der Waals surface area (Å²) in [6.45, 7) is 0.233. The Morgan fingerprint density at radius 2 is 2.00 bits per heavy atom. The molecule has 1 aromatic heterocycles. The second kappa shape index (κ2) is 8.46. The second-order valence-corrected chi connectivity index (χ2v) is 6.15. The van der Waals surface area contributed by atoms with Crippen molar-refractivity contribution in [2.45, 2.75) is 19.4 Å². The Balaban J connectivity index is 1.64. The molecule has 0 fully saturated rings. The minimum atomic E-state index is -0.627. The lowest BCUT2D eigenvalue weighted by atomic mass is 10.2. The van der Waals surface area contributed by atoms with Crippen LogP contribution in [0.2, 0.25) is 0 Å². The number of methoxy groups -OCH3 is 2. The van der Waals surface area contributed by atoms with Gasteiger partial charge in [0.15, 0.2) is 5.58 Å². The van der Waals surface area contributed by atoms with E-state index in [4.69, 9.17) is 13.9 Å². The SMILES string of the molecule is COc1ccc(NC(=O)CCCn2c(=O)oc3cc([N+](=O)[O-])ccc32)c(OC)c1. The first-order valence-electron chi connectivity index (χ1n) is 8.72. The molecule has 1 heterocycles. The summed E-state index contributed by atoms with van der Waals surface area (Å²) >= 11 is 0. The van der Waals surface area contributed by atoms with Gasteiger partial charge in [0.2, 0.25) is 5.91 Å². The molecule has 29 heavy (non-hydrogen) atoms. The summed E-state index contributed by atoms with van der Waals surface area (Å²) in [4.78, 5) is 34.5. The third kappa shape index (κ3) is 4.37. The van der Waals surface area contributed by atoms with E-state index in [1.165, 1.54) is 37.0 Å². The molecule has 1 amide bonds. The number of ether oxygens (including phenoxy) is 2. The zero-order valence-electron chi connectivity index (χ0n) is 15.8. The summed E-state index contributed by atoms with van der Waals surface area (Å²) in [5.41, 5.74) is 0.928. The Hall–Kier alpha value is -3.82. The Labute approximate surface area is 164 Å². The number of carbonyl (C=O) groups excluding carboxylic acids is 1. The molecule has 0 unspecified atom stereocenters. The molecule has 3 aromatic rings. The molecule has 0 atom stereocenters. The van der Waals surface area contributed by atoms with Crippen LogP contribution in [0.1, 0.15) is 12.8 Å². The number of hydrogen-bond acceptors (Lipinski definition) is 7. The van der Waals surface area contributed by atoms with Crippen LogP contribution in [0.3, 0.4) is 0 Å². The van der Waals surface area contributed by atoms with Crippen LogP contribution in [-0.2, 0) is 11.3 Å². The van der Waals surface area contributed by atoms with Crippen LogP contribution in [0, 0.1) is 10.1 Å². The summed E-state index contributed by atoms with van der Waals surface area (Å²) in [6, 6.07) is 9.00. The normalized spacial score (nSPS) is 10.7. The predicted molar refractivity (Wildman–Crippen MR) is 105 cm³/mol. The monoisotopic (exact) mass is 401 g/mol. The molecule has 0 radical (unpaired) electrons. The van der Waals surface area contributed by atoms with E-state index in [0.717, 1.165) is 0 Å². The minimum absolute atomic E-state index is 0.136. The molecular formula is C19H19N3O7. The summed E-state index contributed by atoms with van der Waals surface area (Å²) in [5.74, 6) is 0.199. The largest absolute Gasteiger partial charge is 0.497 e. The molecule has 0 aliphatic rings. The van der Waals surface area contributed by atoms with Gasteiger partial charge in [-0.15, -0.1) is 0 Å². The first-order chi connectivity index (χ1) is 13.9.